The van der Waals surface area contributed by atoms with E-state index in [9.17, 15) is 27.9 Å². The van der Waals surface area contributed by atoms with Gasteiger partial charge in [0.15, 0.2) is 11.4 Å². The predicted octanol–water partition coefficient (Wildman–Crippen LogP) is 4.01. The van der Waals surface area contributed by atoms with Crippen LogP contribution in [0.1, 0.15) is 49.8 Å². The van der Waals surface area contributed by atoms with Gasteiger partial charge in [0.1, 0.15) is 6.61 Å². The van der Waals surface area contributed by atoms with Gasteiger partial charge in [-0.15, -0.1) is 0 Å². The molecule has 10 nitrogen and oxygen atoms in total. The molecular formula is C25H28F3N5O5. The van der Waals surface area contributed by atoms with Gasteiger partial charge in [0, 0.05) is 30.7 Å². The van der Waals surface area contributed by atoms with Crippen molar-refractivity contribution < 1.29 is 37.3 Å². The summed E-state index contributed by atoms with van der Waals surface area (Å²) in [6.45, 7) is 0.846. The molecule has 2 aromatic rings. The van der Waals surface area contributed by atoms with Gasteiger partial charge in [-0.1, -0.05) is 18.2 Å². The Kier molecular flexibility index (Phi) is 7.28. The quantitative estimate of drug-likeness (QED) is 0.603. The number of benzene rings is 1. The molecule has 2 amide bonds. The van der Waals surface area contributed by atoms with E-state index in [1.54, 1.807) is 9.80 Å². The minimum absolute atomic E-state index is 0.133. The molecule has 2 fully saturated rings. The van der Waals surface area contributed by atoms with E-state index in [0.717, 1.165) is 17.4 Å². The Bertz CT molecular complexity index is 1180. The number of alkyl halides is 3. The molecule has 1 aromatic heterocycles. The third kappa shape index (κ3) is 5.62. The number of halogens is 3. The maximum absolute atomic E-state index is 13.8. The van der Waals surface area contributed by atoms with E-state index in [4.69, 9.17) is 9.47 Å². The summed E-state index contributed by atoms with van der Waals surface area (Å²) in [7, 11) is 0. The van der Waals surface area contributed by atoms with Crippen molar-refractivity contribution >= 4 is 23.8 Å². The molecule has 0 radical (unpaired) electrons. The number of carbonyl (C=O) groups is 2. The normalized spacial score (nSPS) is 22.5. The molecule has 2 N–H and O–H groups in total. The number of aromatic nitrogens is 2. The molecule has 0 spiro atoms. The molecule has 1 saturated carbocycles. The monoisotopic (exact) mass is 535 g/mol. The van der Waals surface area contributed by atoms with Crippen LogP contribution in [0.25, 0.3) is 0 Å². The smallest absolute Gasteiger partial charge is 0.437 e. The summed E-state index contributed by atoms with van der Waals surface area (Å²) in [5.41, 5.74) is 0.336. The second-order valence-electron chi connectivity index (χ2n) is 9.69. The van der Waals surface area contributed by atoms with E-state index in [-0.39, 0.29) is 24.6 Å². The molecule has 3 aliphatic rings. The van der Waals surface area contributed by atoms with Gasteiger partial charge in [-0.25, -0.2) is 19.6 Å². The first-order valence-electron chi connectivity index (χ1n) is 12.6. The molecule has 38 heavy (non-hydrogen) atoms. The minimum atomic E-state index is -4.87. The van der Waals surface area contributed by atoms with Gasteiger partial charge in [-0.05, 0) is 44.6 Å². The lowest BCUT2D eigenvalue weighted by Crippen LogP contribution is -2.49. The predicted molar refractivity (Wildman–Crippen MR) is 129 cm³/mol. The third-order valence-electron chi connectivity index (χ3n) is 7.14. The van der Waals surface area contributed by atoms with Gasteiger partial charge < -0.3 is 24.8 Å². The van der Waals surface area contributed by atoms with E-state index in [1.165, 1.54) is 0 Å². The summed E-state index contributed by atoms with van der Waals surface area (Å²) < 4.78 is 51.7. The lowest BCUT2D eigenvalue weighted by atomic mass is 9.93. The summed E-state index contributed by atoms with van der Waals surface area (Å²) >= 11 is 0. The number of anilines is 2. The highest BCUT2D eigenvalue weighted by atomic mass is 19.4. The fourth-order valence-corrected chi connectivity index (χ4v) is 5.15. The molecule has 1 aliphatic carbocycles. The van der Waals surface area contributed by atoms with Gasteiger partial charge in [0.25, 0.3) is 0 Å². The number of nitrogens with zero attached hydrogens (tertiary/aromatic N) is 4. The topological polar surface area (TPSA) is 117 Å². The number of para-hydroxylation sites is 1. The Morgan fingerprint density at radius 1 is 1.11 bits per heavy atom. The number of piperidine rings is 1. The molecule has 1 saturated heterocycles. The van der Waals surface area contributed by atoms with Crippen LogP contribution in [0.15, 0.2) is 30.5 Å². The average molecular weight is 536 g/mol. The van der Waals surface area contributed by atoms with Crippen LogP contribution in [0.2, 0.25) is 0 Å². The van der Waals surface area contributed by atoms with Gasteiger partial charge in [-0.2, -0.15) is 13.2 Å². The largest absolute Gasteiger partial charge is 0.444 e. The first-order valence-corrected chi connectivity index (χ1v) is 12.6. The number of amides is 2. The van der Waals surface area contributed by atoms with Crippen molar-refractivity contribution in [1.82, 2.24) is 15.3 Å². The summed E-state index contributed by atoms with van der Waals surface area (Å²) in [5.74, 6) is -0.913. The van der Waals surface area contributed by atoms with Gasteiger partial charge in [-0.3, -0.25) is 4.90 Å². The van der Waals surface area contributed by atoms with E-state index >= 15 is 0 Å². The molecule has 0 atom stereocenters. The number of nitrogens with one attached hydrogen (secondary N) is 1. The molecule has 204 valence electrons. The third-order valence-corrected chi connectivity index (χ3v) is 7.14. The highest BCUT2D eigenvalue weighted by Gasteiger charge is 2.40. The van der Waals surface area contributed by atoms with Crippen LogP contribution in [0, 0.1) is 0 Å². The Labute approximate surface area is 216 Å². The number of carbonyl (C=O) groups excluding carboxylic acids is 2. The van der Waals surface area contributed by atoms with Crippen molar-refractivity contribution in [2.45, 2.75) is 69.5 Å². The number of hydrogen-bond donors (Lipinski definition) is 2. The zero-order valence-electron chi connectivity index (χ0n) is 20.5. The van der Waals surface area contributed by atoms with Crippen LogP contribution >= 0.6 is 0 Å². The fourth-order valence-electron chi connectivity index (χ4n) is 5.15. The minimum Gasteiger partial charge on any atom is -0.444 e. The molecule has 13 heteroatoms. The van der Waals surface area contributed by atoms with Crippen LogP contribution < -0.4 is 19.9 Å². The van der Waals surface area contributed by atoms with Crippen LogP contribution in [0.3, 0.4) is 0 Å². The SMILES string of the molecule is O=C(NC1CCC(O)CC1)Oc1cnc(N2CCC(N3C(=O)OCc4ccccc43)CC2)nc1C(F)(F)F. The number of aliphatic hydroxyl groups is 1. The van der Waals surface area contributed by atoms with E-state index in [0.29, 0.717) is 51.6 Å². The van der Waals surface area contributed by atoms with Crippen molar-refractivity contribution in [3.8, 4) is 5.75 Å². The number of rotatable bonds is 4. The first-order chi connectivity index (χ1) is 18.2. The number of ether oxygens (including phenoxy) is 2. The summed E-state index contributed by atoms with van der Waals surface area (Å²) in [5, 5.41) is 12.1. The van der Waals surface area contributed by atoms with E-state index in [1.807, 2.05) is 24.3 Å². The lowest BCUT2D eigenvalue weighted by molar-refractivity contribution is -0.142. The maximum Gasteiger partial charge on any atom is 0.437 e. The second-order valence-corrected chi connectivity index (χ2v) is 9.69. The molecule has 5 rings (SSSR count). The van der Waals surface area contributed by atoms with E-state index in [2.05, 4.69) is 15.3 Å². The number of fused-ring (bicyclic) bond motifs is 1. The average Bonchev–Trinajstić information content (AvgIpc) is 2.90. The number of cyclic esters (lactones) is 1. The Morgan fingerprint density at radius 3 is 2.53 bits per heavy atom. The molecule has 0 bridgehead atoms. The first kappa shape index (κ1) is 26.0. The van der Waals surface area contributed by atoms with Crippen LogP contribution in [-0.4, -0.2) is 58.5 Å². The highest BCUT2D eigenvalue weighted by molar-refractivity contribution is 5.91. The van der Waals surface area contributed by atoms with Gasteiger partial charge in [0.05, 0.1) is 18.0 Å². The maximum atomic E-state index is 13.8. The summed E-state index contributed by atoms with van der Waals surface area (Å²) in [6.07, 6.45) is -2.95. The summed E-state index contributed by atoms with van der Waals surface area (Å²) in [6, 6.07) is 6.98. The number of hydrogen-bond acceptors (Lipinski definition) is 8. The Morgan fingerprint density at radius 2 is 1.82 bits per heavy atom. The van der Waals surface area contributed by atoms with Crippen LogP contribution in [-0.2, 0) is 17.5 Å². The van der Waals surface area contributed by atoms with Crippen molar-refractivity contribution in [3.05, 3.63) is 41.7 Å². The fraction of sp³-hybridized carbons (Fsp3) is 0.520. The Hall–Kier alpha value is -3.61. The van der Waals surface area contributed by atoms with Crippen molar-refractivity contribution in [2.24, 2.45) is 0 Å². The summed E-state index contributed by atoms with van der Waals surface area (Å²) in [4.78, 5) is 35.8. The van der Waals surface area contributed by atoms with Crippen LogP contribution in [0.4, 0.5) is 34.4 Å². The molecule has 3 heterocycles. The zero-order chi connectivity index (χ0) is 26.9. The van der Waals surface area contributed by atoms with Crippen molar-refractivity contribution in [2.75, 3.05) is 22.9 Å². The highest BCUT2D eigenvalue weighted by Crippen LogP contribution is 2.37. The molecule has 2 aliphatic heterocycles. The molecule has 0 unspecified atom stereocenters. The zero-order valence-corrected chi connectivity index (χ0v) is 20.5. The Balaban J connectivity index is 1.26. The molecular weight excluding hydrogens is 507 g/mol. The lowest BCUT2D eigenvalue weighted by Gasteiger charge is -2.40. The van der Waals surface area contributed by atoms with Crippen molar-refractivity contribution in [3.63, 3.8) is 0 Å². The van der Waals surface area contributed by atoms with Crippen molar-refractivity contribution in [1.29, 1.82) is 0 Å². The van der Waals surface area contributed by atoms with E-state index < -0.39 is 35.9 Å². The van der Waals surface area contributed by atoms with Crippen LogP contribution in [0.5, 0.6) is 5.75 Å². The standard InChI is InChI=1S/C25H28F3N5O5/c26-25(27,28)21-20(38-23(35)30-16-5-7-18(34)8-6-16)13-29-22(31-21)32-11-9-17(10-12-32)33-19-4-2-1-3-15(19)14-37-24(33)36/h1-4,13,16-18,34H,5-12,14H2,(H,30,35). The second kappa shape index (κ2) is 10.6. The van der Waals surface area contributed by atoms with Gasteiger partial charge >= 0.3 is 18.4 Å². The number of aliphatic hydroxyl groups excluding tert-OH is 1. The van der Waals surface area contributed by atoms with Gasteiger partial charge in [0.2, 0.25) is 5.95 Å². The molecule has 1 aromatic carbocycles.